The summed E-state index contributed by atoms with van der Waals surface area (Å²) in [5, 5.41) is 13.0. The number of nitrogens with one attached hydrogen (secondary N) is 1. The van der Waals surface area contributed by atoms with Crippen molar-refractivity contribution in [3.05, 3.63) is 105 Å². The average Bonchev–Trinajstić information content (AvgIpc) is 2.88. The Morgan fingerprint density at radius 3 is 2.25 bits per heavy atom. The van der Waals surface area contributed by atoms with E-state index in [4.69, 9.17) is 27.9 Å². The third-order valence-corrected chi connectivity index (χ3v) is 6.78. The van der Waals surface area contributed by atoms with Gasteiger partial charge in [-0.15, -0.1) is 0 Å². The molecule has 0 aromatic heterocycles. The van der Waals surface area contributed by atoms with Crippen molar-refractivity contribution >= 4 is 41.2 Å². The van der Waals surface area contributed by atoms with Gasteiger partial charge in [0.25, 0.3) is 0 Å². The first-order valence-electron chi connectivity index (χ1n) is 11.3. The normalized spacial score (nSPS) is 15.5. The Hall–Kier alpha value is -3.55. The molecule has 9 heteroatoms. The number of fused-ring (bicyclic) bond motifs is 1. The maximum absolute atomic E-state index is 13.4. The number of carbonyl (C=O) groups excluding carboxylic acids is 2. The van der Waals surface area contributed by atoms with Crippen molar-refractivity contribution in [2.75, 3.05) is 0 Å². The van der Waals surface area contributed by atoms with Gasteiger partial charge in [0.05, 0.1) is 6.54 Å². The monoisotopic (exact) mass is 526 g/mol. The third kappa shape index (κ3) is 5.98. The van der Waals surface area contributed by atoms with Gasteiger partial charge in [-0.1, -0.05) is 83.9 Å². The molecule has 0 radical (unpaired) electrons. The lowest BCUT2D eigenvalue weighted by Gasteiger charge is -2.35. The van der Waals surface area contributed by atoms with Gasteiger partial charge in [-0.25, -0.2) is 9.59 Å². The van der Waals surface area contributed by atoms with Gasteiger partial charge in [0, 0.05) is 22.9 Å². The Balaban J connectivity index is 1.54. The topological polar surface area (TPSA) is 95.9 Å². The van der Waals surface area contributed by atoms with Crippen LogP contribution in [0.3, 0.4) is 0 Å². The van der Waals surface area contributed by atoms with Crippen molar-refractivity contribution in [2.45, 2.75) is 38.1 Å². The number of hydrogen-bond acceptors (Lipinski definition) is 4. The number of aliphatic carboxylic acids is 1. The standard InChI is InChI=1S/C27H24Cl2N2O5/c28-21-11-6-12-22(29)20(21)14-23(26(33)34)30-25(32)24-13-18-9-4-5-10-19(18)15-31(24)27(35)36-16-17-7-2-1-3-8-17/h1-12,23-24H,13-16H2,(H,30,32)(H,33,34)/t23-,24-/m0/s1. The zero-order chi connectivity index (χ0) is 25.7. The molecule has 4 rings (SSSR count). The quantitative estimate of drug-likeness (QED) is 0.457. The summed E-state index contributed by atoms with van der Waals surface area (Å²) in [6.07, 6.45) is -0.544. The van der Waals surface area contributed by atoms with Gasteiger partial charge in [-0.3, -0.25) is 9.69 Å². The largest absolute Gasteiger partial charge is 0.480 e. The second kappa shape index (κ2) is 11.5. The van der Waals surface area contributed by atoms with E-state index in [2.05, 4.69) is 5.32 Å². The van der Waals surface area contributed by atoms with Gasteiger partial charge < -0.3 is 15.2 Å². The van der Waals surface area contributed by atoms with Crippen LogP contribution in [0.4, 0.5) is 4.79 Å². The molecule has 1 aliphatic heterocycles. The van der Waals surface area contributed by atoms with E-state index >= 15 is 0 Å². The highest BCUT2D eigenvalue weighted by molar-refractivity contribution is 6.36. The Morgan fingerprint density at radius 1 is 0.944 bits per heavy atom. The van der Waals surface area contributed by atoms with E-state index in [1.165, 1.54) is 4.90 Å². The summed E-state index contributed by atoms with van der Waals surface area (Å²) in [5.41, 5.74) is 3.04. The van der Waals surface area contributed by atoms with Crippen molar-refractivity contribution in [1.29, 1.82) is 0 Å². The Labute approximate surface area is 218 Å². The van der Waals surface area contributed by atoms with Crippen LogP contribution in [0.5, 0.6) is 0 Å². The van der Waals surface area contributed by atoms with Crippen LogP contribution in [0, 0.1) is 0 Å². The van der Waals surface area contributed by atoms with E-state index in [1.54, 1.807) is 18.2 Å². The first kappa shape index (κ1) is 25.5. The zero-order valence-corrected chi connectivity index (χ0v) is 20.7. The van der Waals surface area contributed by atoms with E-state index in [0.717, 1.165) is 16.7 Å². The van der Waals surface area contributed by atoms with Crippen LogP contribution in [0.1, 0.15) is 22.3 Å². The fourth-order valence-corrected chi connectivity index (χ4v) is 4.70. The van der Waals surface area contributed by atoms with Crippen LogP contribution in [-0.4, -0.2) is 40.1 Å². The predicted molar refractivity (Wildman–Crippen MR) is 136 cm³/mol. The van der Waals surface area contributed by atoms with E-state index in [-0.39, 0.29) is 26.0 Å². The molecule has 0 saturated carbocycles. The fraction of sp³-hybridized carbons (Fsp3) is 0.222. The molecule has 3 aromatic carbocycles. The Kier molecular flexibility index (Phi) is 8.13. The van der Waals surface area contributed by atoms with Crippen molar-refractivity contribution in [3.63, 3.8) is 0 Å². The van der Waals surface area contributed by atoms with Gasteiger partial charge in [0.1, 0.15) is 18.7 Å². The highest BCUT2D eigenvalue weighted by Crippen LogP contribution is 2.27. The fourth-order valence-electron chi connectivity index (χ4n) is 4.15. The number of hydrogen-bond donors (Lipinski definition) is 2. The highest BCUT2D eigenvalue weighted by Gasteiger charge is 2.37. The van der Waals surface area contributed by atoms with Crippen LogP contribution in [-0.2, 0) is 40.3 Å². The number of benzene rings is 3. The van der Waals surface area contributed by atoms with Crippen molar-refractivity contribution in [2.24, 2.45) is 0 Å². The summed E-state index contributed by atoms with van der Waals surface area (Å²) >= 11 is 12.4. The minimum absolute atomic E-state index is 0.0505. The molecule has 0 aliphatic carbocycles. The van der Waals surface area contributed by atoms with Crippen molar-refractivity contribution in [1.82, 2.24) is 10.2 Å². The number of rotatable bonds is 7. The summed E-state index contributed by atoms with van der Waals surface area (Å²) in [5.74, 6) is -1.84. The molecule has 1 aliphatic rings. The van der Waals surface area contributed by atoms with Crippen LogP contribution in [0.2, 0.25) is 10.0 Å². The number of carboxylic acids is 1. The number of amides is 2. The van der Waals surface area contributed by atoms with Gasteiger partial charge in [-0.05, 0) is 34.4 Å². The number of carboxylic acid groups (broad SMARTS) is 1. The smallest absolute Gasteiger partial charge is 0.411 e. The number of carbonyl (C=O) groups is 3. The van der Waals surface area contributed by atoms with E-state index in [9.17, 15) is 19.5 Å². The summed E-state index contributed by atoms with van der Waals surface area (Å²) in [4.78, 5) is 39.8. The molecule has 0 unspecified atom stereocenters. The first-order chi connectivity index (χ1) is 17.3. The summed E-state index contributed by atoms with van der Waals surface area (Å²) in [6.45, 7) is 0.213. The highest BCUT2D eigenvalue weighted by atomic mass is 35.5. The average molecular weight is 527 g/mol. The molecule has 7 nitrogen and oxygen atoms in total. The van der Waals surface area contributed by atoms with Gasteiger partial charge in [0.2, 0.25) is 5.91 Å². The minimum atomic E-state index is -1.30. The third-order valence-electron chi connectivity index (χ3n) is 6.08. The number of ether oxygens (including phenoxy) is 1. The van der Waals surface area contributed by atoms with Crippen molar-refractivity contribution in [3.8, 4) is 0 Å². The second-order valence-corrected chi connectivity index (χ2v) is 9.27. The van der Waals surface area contributed by atoms with Gasteiger partial charge >= 0.3 is 12.1 Å². The lowest BCUT2D eigenvalue weighted by molar-refractivity contribution is -0.142. The first-order valence-corrected chi connectivity index (χ1v) is 12.1. The molecular formula is C27H24Cl2N2O5. The van der Waals surface area contributed by atoms with E-state index in [0.29, 0.717) is 15.6 Å². The van der Waals surface area contributed by atoms with Crippen LogP contribution in [0.25, 0.3) is 0 Å². The van der Waals surface area contributed by atoms with Crippen LogP contribution >= 0.6 is 23.2 Å². The lowest BCUT2D eigenvalue weighted by Crippen LogP contribution is -2.56. The summed E-state index contributed by atoms with van der Waals surface area (Å²) in [6, 6.07) is 19.3. The minimum Gasteiger partial charge on any atom is -0.480 e. The molecule has 0 bridgehead atoms. The lowest BCUT2D eigenvalue weighted by atomic mass is 9.93. The predicted octanol–water partition coefficient (Wildman–Crippen LogP) is 4.87. The molecule has 2 N–H and O–H groups in total. The van der Waals surface area contributed by atoms with E-state index in [1.807, 2.05) is 54.6 Å². The molecule has 0 saturated heterocycles. The molecule has 186 valence electrons. The number of nitrogens with zero attached hydrogens (tertiary/aromatic N) is 1. The molecule has 2 amide bonds. The maximum Gasteiger partial charge on any atom is 0.411 e. The van der Waals surface area contributed by atoms with Crippen LogP contribution in [0.15, 0.2) is 72.8 Å². The van der Waals surface area contributed by atoms with E-state index < -0.39 is 30.1 Å². The molecular weight excluding hydrogens is 503 g/mol. The SMILES string of the molecule is O=C(O)[C@H](Cc1c(Cl)cccc1Cl)NC(=O)[C@@H]1Cc2ccccc2CN1C(=O)OCc1ccccc1. The van der Waals surface area contributed by atoms with Gasteiger partial charge in [-0.2, -0.15) is 0 Å². The zero-order valence-electron chi connectivity index (χ0n) is 19.2. The second-order valence-electron chi connectivity index (χ2n) is 8.46. The summed E-state index contributed by atoms with van der Waals surface area (Å²) < 4.78 is 5.50. The molecule has 0 fully saturated rings. The molecule has 3 aromatic rings. The van der Waals surface area contributed by atoms with Gasteiger partial charge in [0.15, 0.2) is 0 Å². The summed E-state index contributed by atoms with van der Waals surface area (Å²) in [7, 11) is 0. The molecule has 0 spiro atoms. The number of halogens is 2. The van der Waals surface area contributed by atoms with Crippen molar-refractivity contribution < 1.29 is 24.2 Å². The molecule has 1 heterocycles. The molecule has 2 atom stereocenters. The Morgan fingerprint density at radius 2 is 1.58 bits per heavy atom. The maximum atomic E-state index is 13.4. The Bertz CT molecular complexity index is 1250. The molecule has 36 heavy (non-hydrogen) atoms. The van der Waals surface area contributed by atoms with Crippen LogP contribution < -0.4 is 5.32 Å².